The predicted octanol–water partition coefficient (Wildman–Crippen LogP) is 3.51. The molecule has 2 amide bonds. The number of sulfonamides is 2. The van der Waals surface area contributed by atoms with Gasteiger partial charge >= 0.3 is 0 Å². The molecule has 4 aromatic carbocycles. The lowest BCUT2D eigenvalue weighted by Gasteiger charge is -2.11. The molecular formula is C38H38F4N8O9S2. The molecule has 0 spiro atoms. The zero-order chi connectivity index (χ0) is 45.1. The van der Waals surface area contributed by atoms with Crippen LogP contribution in [0, 0.1) is 23.3 Å². The van der Waals surface area contributed by atoms with Gasteiger partial charge in [0.05, 0.1) is 23.0 Å². The third-order valence-corrected chi connectivity index (χ3v) is 10.7. The van der Waals surface area contributed by atoms with Crippen molar-refractivity contribution in [3.8, 4) is 23.0 Å². The van der Waals surface area contributed by atoms with Gasteiger partial charge in [-0.2, -0.15) is 9.98 Å². The maximum Gasteiger partial charge on any atom is 0.275 e. The van der Waals surface area contributed by atoms with Crippen molar-refractivity contribution in [2.45, 2.75) is 23.6 Å². The summed E-state index contributed by atoms with van der Waals surface area (Å²) in [5.41, 5.74) is 20.6. The monoisotopic (exact) mass is 890 g/mol. The van der Waals surface area contributed by atoms with E-state index in [1.165, 1.54) is 50.3 Å². The Hall–Kier alpha value is -6.66. The predicted molar refractivity (Wildman–Crippen MR) is 216 cm³/mol. The van der Waals surface area contributed by atoms with E-state index < -0.39 is 78.5 Å². The number of hydrogen-bond donors (Lipinski definition) is 6. The van der Waals surface area contributed by atoms with E-state index in [2.05, 4.69) is 19.4 Å². The van der Waals surface area contributed by atoms with E-state index in [9.17, 15) is 44.0 Å². The van der Waals surface area contributed by atoms with Gasteiger partial charge in [0.1, 0.15) is 11.5 Å². The summed E-state index contributed by atoms with van der Waals surface area (Å²) in [7, 11) is -8.14. The molecule has 0 atom stereocenters. The second-order valence-corrected chi connectivity index (χ2v) is 16.1. The first kappa shape index (κ1) is 47.0. The van der Waals surface area contributed by atoms with Crippen molar-refractivity contribution in [2.24, 2.45) is 32.9 Å². The minimum Gasteiger partial charge on any atom is -0.451 e. The molecule has 4 aromatic rings. The quantitative estimate of drug-likeness (QED) is 0.0275. The molecule has 0 aliphatic heterocycles. The number of guanidine groups is 2. The summed E-state index contributed by atoms with van der Waals surface area (Å²) in [6, 6.07) is 12.9. The third kappa shape index (κ3) is 13.7. The smallest absolute Gasteiger partial charge is 0.275 e. The Balaban J connectivity index is 1.22. The topological polar surface area (TPSA) is 283 Å². The van der Waals surface area contributed by atoms with Gasteiger partial charge in [0, 0.05) is 24.2 Å². The van der Waals surface area contributed by atoms with E-state index in [-0.39, 0.29) is 69.9 Å². The number of nitrogens with one attached hydrogen (secondary N) is 2. The molecular weight excluding hydrogens is 853 g/mol. The lowest BCUT2D eigenvalue weighted by molar-refractivity contribution is -0.115. The van der Waals surface area contributed by atoms with Gasteiger partial charge in [0.25, 0.3) is 11.8 Å². The van der Waals surface area contributed by atoms with Crippen LogP contribution < -0.4 is 41.9 Å². The SMILES string of the molecule is C/C(=C\c1cc(F)c(Oc2ccc(S(=O)(=O)NCCOCCNS(=O)(=O)c3ccc(Oc4c(F)cc(/C=C(\C)C(=O)N=C(N)N)cc4F)cc3)cc2)c(F)c1)C(=O)N=C(N)N. The second kappa shape index (κ2) is 20.5. The fraction of sp³-hybridized carbons (Fsp3) is 0.158. The van der Waals surface area contributed by atoms with Gasteiger partial charge in [-0.05, 0) is 110 Å². The Bertz CT molecular complexity index is 2410. The summed E-state index contributed by atoms with van der Waals surface area (Å²) in [6.07, 6.45) is 2.33. The van der Waals surface area contributed by atoms with Gasteiger partial charge in [0.2, 0.25) is 20.0 Å². The molecule has 0 aliphatic carbocycles. The molecule has 324 valence electrons. The zero-order valence-corrected chi connectivity index (χ0v) is 33.8. The highest BCUT2D eigenvalue weighted by Crippen LogP contribution is 2.31. The molecule has 61 heavy (non-hydrogen) atoms. The van der Waals surface area contributed by atoms with Crippen molar-refractivity contribution in [3.63, 3.8) is 0 Å². The molecule has 10 N–H and O–H groups in total. The van der Waals surface area contributed by atoms with Crippen LogP contribution >= 0.6 is 0 Å². The molecule has 0 aromatic heterocycles. The Morgan fingerprint density at radius 2 is 0.902 bits per heavy atom. The highest BCUT2D eigenvalue weighted by molar-refractivity contribution is 7.89. The van der Waals surface area contributed by atoms with Crippen LogP contribution in [0.4, 0.5) is 17.6 Å². The van der Waals surface area contributed by atoms with E-state index >= 15 is 0 Å². The number of ether oxygens (including phenoxy) is 3. The first-order valence-corrected chi connectivity index (χ1v) is 20.4. The van der Waals surface area contributed by atoms with Gasteiger partial charge in [-0.1, -0.05) is 0 Å². The third-order valence-electron chi connectivity index (χ3n) is 7.73. The number of carbonyl (C=O) groups excluding carboxylic acids is 2. The van der Waals surface area contributed by atoms with Gasteiger partial charge in [-0.15, -0.1) is 0 Å². The van der Waals surface area contributed by atoms with E-state index in [1.807, 2.05) is 0 Å². The van der Waals surface area contributed by atoms with Crippen molar-refractivity contribution in [3.05, 3.63) is 118 Å². The first-order chi connectivity index (χ1) is 28.6. The summed E-state index contributed by atoms with van der Waals surface area (Å²) < 4.78 is 130. The lowest BCUT2D eigenvalue weighted by atomic mass is 10.1. The number of benzene rings is 4. The summed E-state index contributed by atoms with van der Waals surface area (Å²) in [5, 5.41) is 0. The van der Waals surface area contributed by atoms with Crippen molar-refractivity contribution >= 4 is 55.9 Å². The Morgan fingerprint density at radius 1 is 0.590 bits per heavy atom. The largest absolute Gasteiger partial charge is 0.451 e. The number of aliphatic imine (C=N–C) groups is 2. The molecule has 0 heterocycles. The maximum atomic E-state index is 14.7. The molecule has 0 saturated heterocycles. The maximum absolute atomic E-state index is 14.7. The Labute approximate surface area is 346 Å². The number of hydrogen-bond acceptors (Lipinski definition) is 9. The molecule has 0 fully saturated rings. The average Bonchev–Trinajstić information content (AvgIpc) is 3.17. The van der Waals surface area contributed by atoms with Crippen molar-refractivity contribution in [1.82, 2.24) is 9.44 Å². The van der Waals surface area contributed by atoms with Gasteiger partial charge < -0.3 is 37.1 Å². The molecule has 0 saturated carbocycles. The molecule has 0 aliphatic rings. The number of carbonyl (C=O) groups is 2. The van der Waals surface area contributed by atoms with E-state index in [1.54, 1.807) is 0 Å². The van der Waals surface area contributed by atoms with E-state index in [0.29, 0.717) is 0 Å². The van der Waals surface area contributed by atoms with Crippen molar-refractivity contribution in [1.29, 1.82) is 0 Å². The standard InChI is InChI=1S/C38H38F4N8O9S2/c1-21(35(51)49-37(43)44)15-23-17-29(39)33(30(40)18-23)58-25-3-7-27(8-4-25)60(53,54)47-11-13-57-14-12-48-61(55,56)28-9-5-26(6-10-28)59-34-31(41)19-24(20-32(34)42)16-22(2)36(52)50-38(45)46/h3-10,15-20,47-48H,11-14H2,1-2H3,(H4,43,44,49,51)(H4,45,46,50,52)/b21-15+,22-16+. The van der Waals surface area contributed by atoms with Crippen LogP contribution in [0.25, 0.3) is 12.2 Å². The van der Waals surface area contributed by atoms with Gasteiger partial charge in [-0.3, -0.25) is 9.59 Å². The number of nitrogens with two attached hydrogens (primary N) is 4. The molecule has 0 bridgehead atoms. The highest BCUT2D eigenvalue weighted by Gasteiger charge is 2.19. The van der Waals surface area contributed by atoms with Crippen LogP contribution in [0.5, 0.6) is 23.0 Å². The van der Waals surface area contributed by atoms with Gasteiger partial charge in [-0.25, -0.2) is 43.8 Å². The molecule has 17 nitrogen and oxygen atoms in total. The van der Waals surface area contributed by atoms with E-state index in [0.717, 1.165) is 48.5 Å². The van der Waals surface area contributed by atoms with Crippen LogP contribution in [-0.4, -0.2) is 66.9 Å². The zero-order valence-electron chi connectivity index (χ0n) is 32.1. The number of amides is 2. The number of nitrogens with zero attached hydrogens (tertiary/aromatic N) is 2. The van der Waals surface area contributed by atoms with Gasteiger partial charge in [0.15, 0.2) is 46.7 Å². The lowest BCUT2D eigenvalue weighted by Crippen LogP contribution is -2.30. The van der Waals surface area contributed by atoms with Crippen molar-refractivity contribution < 1.29 is 58.2 Å². The molecule has 0 unspecified atom stereocenters. The van der Waals surface area contributed by atoms with E-state index in [4.69, 9.17) is 37.1 Å². The Kier molecular flexibility index (Phi) is 15.8. The highest BCUT2D eigenvalue weighted by atomic mass is 32.2. The minimum atomic E-state index is -4.07. The molecule has 0 radical (unpaired) electrons. The average molecular weight is 891 g/mol. The minimum absolute atomic E-state index is 0.00162. The molecule has 23 heteroatoms. The Morgan fingerprint density at radius 3 is 1.20 bits per heavy atom. The van der Waals surface area contributed by atoms with Crippen LogP contribution in [-0.2, 0) is 34.4 Å². The summed E-state index contributed by atoms with van der Waals surface area (Å²) in [4.78, 5) is 30.0. The fourth-order valence-electron chi connectivity index (χ4n) is 4.93. The van der Waals surface area contributed by atoms with Crippen LogP contribution in [0.2, 0.25) is 0 Å². The first-order valence-electron chi connectivity index (χ1n) is 17.4. The number of rotatable bonds is 18. The summed E-state index contributed by atoms with van der Waals surface area (Å²) >= 11 is 0. The fourth-order valence-corrected chi connectivity index (χ4v) is 6.96. The van der Waals surface area contributed by atoms with Crippen LogP contribution in [0.3, 0.4) is 0 Å². The molecule has 4 rings (SSSR count). The summed E-state index contributed by atoms with van der Waals surface area (Å²) in [6.45, 7) is 1.97. The number of halogens is 4. The van der Waals surface area contributed by atoms with Crippen LogP contribution in [0.1, 0.15) is 25.0 Å². The normalized spacial score (nSPS) is 12.1. The second-order valence-electron chi connectivity index (χ2n) is 12.5. The summed E-state index contributed by atoms with van der Waals surface area (Å²) in [5.74, 6) is -8.75. The van der Waals surface area contributed by atoms with Crippen LogP contribution in [0.15, 0.2) is 104 Å². The van der Waals surface area contributed by atoms with Crippen molar-refractivity contribution in [2.75, 3.05) is 26.3 Å².